The first-order valence-electron chi connectivity index (χ1n) is 7.12. The Bertz CT molecular complexity index is 259. The van der Waals surface area contributed by atoms with Gasteiger partial charge >= 0.3 is 0 Å². The molecule has 2 aliphatic rings. The number of hydrogen-bond acceptors (Lipinski definition) is 4. The minimum absolute atomic E-state index is 0.145. The molecule has 1 aliphatic heterocycles. The van der Waals surface area contributed by atoms with Gasteiger partial charge in [-0.05, 0) is 38.0 Å². The van der Waals surface area contributed by atoms with E-state index in [9.17, 15) is 4.79 Å². The lowest BCUT2D eigenvalue weighted by Gasteiger charge is -2.28. The topological polar surface area (TPSA) is 67.6 Å². The standard InChI is InChI=1S/C13H25N3O2/c14-12-4-1-11(2-5-12)3-6-13(17)15-16-7-9-18-10-8-16/h11-12H,1-10,14H2,(H,15,17). The van der Waals surface area contributed by atoms with Gasteiger partial charge in [0.05, 0.1) is 13.2 Å². The Labute approximate surface area is 109 Å². The summed E-state index contributed by atoms with van der Waals surface area (Å²) in [6, 6.07) is 0.392. The number of rotatable bonds is 4. The molecule has 0 spiro atoms. The first kappa shape index (κ1) is 13.8. The van der Waals surface area contributed by atoms with E-state index in [0.29, 0.717) is 31.6 Å². The summed E-state index contributed by atoms with van der Waals surface area (Å²) in [7, 11) is 0. The van der Waals surface area contributed by atoms with Crippen LogP contribution in [0.4, 0.5) is 0 Å². The summed E-state index contributed by atoms with van der Waals surface area (Å²) in [6.07, 6.45) is 6.25. The van der Waals surface area contributed by atoms with Crippen LogP contribution in [0.25, 0.3) is 0 Å². The molecular weight excluding hydrogens is 230 g/mol. The molecule has 104 valence electrons. The number of morpholine rings is 1. The van der Waals surface area contributed by atoms with Crippen LogP contribution in [-0.2, 0) is 9.53 Å². The van der Waals surface area contributed by atoms with Crippen LogP contribution in [0.5, 0.6) is 0 Å². The van der Waals surface area contributed by atoms with Gasteiger partial charge in [-0.3, -0.25) is 10.2 Å². The molecule has 0 aromatic heterocycles. The Balaban J connectivity index is 1.59. The van der Waals surface area contributed by atoms with Crippen LogP contribution in [0.15, 0.2) is 0 Å². The average molecular weight is 255 g/mol. The zero-order valence-electron chi connectivity index (χ0n) is 11.1. The van der Waals surface area contributed by atoms with Crippen LogP contribution < -0.4 is 11.2 Å². The Kier molecular flexibility index (Phi) is 5.41. The molecular formula is C13H25N3O2. The minimum atomic E-state index is 0.145. The fraction of sp³-hybridized carbons (Fsp3) is 0.923. The molecule has 2 rings (SSSR count). The number of nitrogens with one attached hydrogen (secondary N) is 1. The summed E-state index contributed by atoms with van der Waals surface area (Å²) in [5, 5.41) is 1.96. The van der Waals surface area contributed by atoms with Crippen molar-refractivity contribution >= 4 is 5.91 Å². The van der Waals surface area contributed by atoms with Gasteiger partial charge in [0, 0.05) is 25.6 Å². The maximum absolute atomic E-state index is 11.8. The highest BCUT2D eigenvalue weighted by molar-refractivity contribution is 5.75. The van der Waals surface area contributed by atoms with Crippen molar-refractivity contribution in [3.63, 3.8) is 0 Å². The number of hydrogen-bond donors (Lipinski definition) is 2. The minimum Gasteiger partial charge on any atom is -0.379 e. The van der Waals surface area contributed by atoms with Crippen molar-refractivity contribution in [1.82, 2.24) is 10.4 Å². The third-order valence-electron chi connectivity index (χ3n) is 3.96. The molecule has 0 atom stereocenters. The number of amides is 1. The Morgan fingerprint density at radius 1 is 1.22 bits per heavy atom. The lowest BCUT2D eigenvalue weighted by molar-refractivity contribution is -0.128. The van der Waals surface area contributed by atoms with Crippen molar-refractivity contribution in [3.8, 4) is 0 Å². The van der Waals surface area contributed by atoms with Gasteiger partial charge in [-0.15, -0.1) is 0 Å². The molecule has 1 saturated heterocycles. The first-order valence-corrected chi connectivity index (χ1v) is 7.12. The van der Waals surface area contributed by atoms with E-state index in [4.69, 9.17) is 10.5 Å². The molecule has 2 fully saturated rings. The molecule has 0 radical (unpaired) electrons. The summed E-state index contributed by atoms with van der Waals surface area (Å²) in [4.78, 5) is 11.8. The molecule has 5 nitrogen and oxygen atoms in total. The predicted octanol–water partition coefficient (Wildman–Crippen LogP) is 0.647. The zero-order valence-corrected chi connectivity index (χ0v) is 11.1. The quantitative estimate of drug-likeness (QED) is 0.774. The van der Waals surface area contributed by atoms with Crippen LogP contribution in [0, 0.1) is 5.92 Å². The lowest BCUT2D eigenvalue weighted by atomic mass is 9.84. The van der Waals surface area contributed by atoms with Crippen molar-refractivity contribution in [2.45, 2.75) is 44.6 Å². The highest BCUT2D eigenvalue weighted by Gasteiger charge is 2.20. The lowest BCUT2D eigenvalue weighted by Crippen LogP contribution is -2.48. The molecule has 1 aliphatic carbocycles. The number of nitrogens with zero attached hydrogens (tertiary/aromatic N) is 1. The van der Waals surface area contributed by atoms with Crippen molar-refractivity contribution in [2.75, 3.05) is 26.3 Å². The fourth-order valence-corrected chi connectivity index (χ4v) is 2.72. The van der Waals surface area contributed by atoms with E-state index in [-0.39, 0.29) is 5.91 Å². The molecule has 0 aromatic carbocycles. The first-order chi connectivity index (χ1) is 8.74. The van der Waals surface area contributed by atoms with Crippen LogP contribution in [-0.4, -0.2) is 43.3 Å². The second-order valence-electron chi connectivity index (χ2n) is 5.45. The van der Waals surface area contributed by atoms with Crippen LogP contribution in [0.2, 0.25) is 0 Å². The van der Waals surface area contributed by atoms with Gasteiger partial charge in [0.1, 0.15) is 0 Å². The highest BCUT2D eigenvalue weighted by Crippen LogP contribution is 2.26. The van der Waals surface area contributed by atoms with E-state index in [2.05, 4.69) is 5.43 Å². The second-order valence-corrected chi connectivity index (χ2v) is 5.45. The smallest absolute Gasteiger partial charge is 0.234 e. The third-order valence-corrected chi connectivity index (χ3v) is 3.96. The maximum atomic E-state index is 11.8. The maximum Gasteiger partial charge on any atom is 0.234 e. The number of nitrogens with two attached hydrogens (primary N) is 1. The van der Waals surface area contributed by atoms with Gasteiger partial charge in [0.15, 0.2) is 0 Å². The van der Waals surface area contributed by atoms with Gasteiger partial charge in [0.2, 0.25) is 5.91 Å². The molecule has 0 unspecified atom stereocenters. The molecule has 1 saturated carbocycles. The van der Waals surface area contributed by atoms with Crippen molar-refractivity contribution in [1.29, 1.82) is 0 Å². The average Bonchev–Trinajstić information content (AvgIpc) is 2.39. The predicted molar refractivity (Wildman–Crippen MR) is 69.7 cm³/mol. The molecule has 18 heavy (non-hydrogen) atoms. The fourth-order valence-electron chi connectivity index (χ4n) is 2.72. The van der Waals surface area contributed by atoms with Gasteiger partial charge in [0.25, 0.3) is 0 Å². The molecule has 0 bridgehead atoms. The van der Waals surface area contributed by atoms with Crippen LogP contribution in [0.1, 0.15) is 38.5 Å². The van der Waals surface area contributed by atoms with Crippen molar-refractivity contribution in [2.24, 2.45) is 11.7 Å². The SMILES string of the molecule is NC1CCC(CCC(=O)NN2CCOCC2)CC1. The third kappa shape index (κ3) is 4.55. The van der Waals surface area contributed by atoms with Crippen LogP contribution in [0.3, 0.4) is 0 Å². The molecule has 5 heteroatoms. The summed E-state index contributed by atoms with van der Waals surface area (Å²) in [5.74, 6) is 0.840. The number of carbonyl (C=O) groups excluding carboxylic acids is 1. The van der Waals surface area contributed by atoms with E-state index in [0.717, 1.165) is 32.4 Å². The van der Waals surface area contributed by atoms with E-state index in [1.165, 1.54) is 12.8 Å². The van der Waals surface area contributed by atoms with E-state index in [1.807, 2.05) is 5.01 Å². The van der Waals surface area contributed by atoms with Gasteiger partial charge in [-0.1, -0.05) is 0 Å². The molecule has 1 amide bonds. The number of hydrazine groups is 1. The van der Waals surface area contributed by atoms with E-state index < -0.39 is 0 Å². The second kappa shape index (κ2) is 7.07. The molecule has 0 aromatic rings. The Morgan fingerprint density at radius 2 is 1.89 bits per heavy atom. The van der Waals surface area contributed by atoms with Gasteiger partial charge in [-0.25, -0.2) is 5.01 Å². The van der Waals surface area contributed by atoms with E-state index in [1.54, 1.807) is 0 Å². The monoisotopic (exact) mass is 255 g/mol. The van der Waals surface area contributed by atoms with Gasteiger partial charge in [-0.2, -0.15) is 0 Å². The Hall–Kier alpha value is -0.650. The van der Waals surface area contributed by atoms with Crippen molar-refractivity contribution in [3.05, 3.63) is 0 Å². The van der Waals surface area contributed by atoms with E-state index >= 15 is 0 Å². The summed E-state index contributed by atoms with van der Waals surface area (Å²) < 4.78 is 5.24. The number of carbonyl (C=O) groups is 1. The summed E-state index contributed by atoms with van der Waals surface area (Å²) in [6.45, 7) is 3.01. The normalized spacial score (nSPS) is 30.1. The molecule has 1 heterocycles. The van der Waals surface area contributed by atoms with Crippen LogP contribution >= 0.6 is 0 Å². The molecule has 3 N–H and O–H groups in total. The largest absolute Gasteiger partial charge is 0.379 e. The zero-order chi connectivity index (χ0) is 12.8. The summed E-state index contributed by atoms with van der Waals surface area (Å²) in [5.41, 5.74) is 8.84. The number of ether oxygens (including phenoxy) is 1. The van der Waals surface area contributed by atoms with Crippen molar-refractivity contribution < 1.29 is 9.53 Å². The van der Waals surface area contributed by atoms with Gasteiger partial charge < -0.3 is 10.5 Å². The highest BCUT2D eigenvalue weighted by atomic mass is 16.5. The summed E-state index contributed by atoms with van der Waals surface area (Å²) >= 11 is 0. The Morgan fingerprint density at radius 3 is 2.56 bits per heavy atom.